The number of hydrogen-bond donors (Lipinski definition) is 1. The summed E-state index contributed by atoms with van der Waals surface area (Å²) in [5.41, 5.74) is 8.62. The van der Waals surface area contributed by atoms with Crippen molar-refractivity contribution in [2.75, 3.05) is 5.73 Å². The quantitative estimate of drug-likeness (QED) is 0.876. The van der Waals surface area contributed by atoms with E-state index < -0.39 is 0 Å². The number of aryl methyl sites for hydroxylation is 1. The Balaban J connectivity index is 2.13. The van der Waals surface area contributed by atoms with E-state index in [1.807, 2.05) is 0 Å². The third-order valence-corrected chi connectivity index (χ3v) is 3.73. The van der Waals surface area contributed by atoms with Crippen LogP contribution in [0.4, 0.5) is 5.82 Å². The standard InChI is InChI=1S/C13H12Cl2N4/c14-7-5-9(15)11(17-6-7)13-18-10-4-2-1-3-8(10)12(16)19-13/h5-6H,1-4H2,(H2,16,18,19). The number of rotatable bonds is 1. The summed E-state index contributed by atoms with van der Waals surface area (Å²) in [6.07, 6.45) is 5.68. The zero-order valence-corrected chi connectivity index (χ0v) is 11.7. The van der Waals surface area contributed by atoms with Crippen molar-refractivity contribution < 1.29 is 0 Å². The molecule has 0 aliphatic heterocycles. The molecule has 6 heteroatoms. The van der Waals surface area contributed by atoms with E-state index >= 15 is 0 Å². The molecular weight excluding hydrogens is 283 g/mol. The first-order valence-electron chi connectivity index (χ1n) is 6.12. The van der Waals surface area contributed by atoms with Gasteiger partial charge in [0.2, 0.25) is 0 Å². The number of aromatic nitrogens is 3. The van der Waals surface area contributed by atoms with Gasteiger partial charge in [-0.15, -0.1) is 0 Å². The number of hydrogen-bond acceptors (Lipinski definition) is 4. The topological polar surface area (TPSA) is 64.7 Å². The van der Waals surface area contributed by atoms with Crippen molar-refractivity contribution in [3.05, 3.63) is 33.6 Å². The zero-order valence-electron chi connectivity index (χ0n) is 10.2. The lowest BCUT2D eigenvalue weighted by atomic mass is 9.96. The van der Waals surface area contributed by atoms with Gasteiger partial charge in [0.15, 0.2) is 5.82 Å². The summed E-state index contributed by atoms with van der Waals surface area (Å²) in [5.74, 6) is 1.01. The highest BCUT2D eigenvalue weighted by Crippen LogP contribution is 2.29. The maximum absolute atomic E-state index is 6.13. The molecule has 0 spiro atoms. The summed E-state index contributed by atoms with van der Waals surface area (Å²) in [6.45, 7) is 0. The number of halogens is 2. The molecule has 0 saturated carbocycles. The molecule has 0 bridgehead atoms. The van der Waals surface area contributed by atoms with Crippen LogP contribution in [0.25, 0.3) is 11.5 Å². The van der Waals surface area contributed by atoms with Crippen molar-refractivity contribution in [1.82, 2.24) is 15.0 Å². The van der Waals surface area contributed by atoms with E-state index in [0.29, 0.717) is 27.4 Å². The average molecular weight is 295 g/mol. The van der Waals surface area contributed by atoms with Gasteiger partial charge in [0.1, 0.15) is 11.5 Å². The fraction of sp³-hybridized carbons (Fsp3) is 0.308. The van der Waals surface area contributed by atoms with Crippen LogP contribution >= 0.6 is 23.2 Å². The largest absolute Gasteiger partial charge is 0.383 e. The van der Waals surface area contributed by atoms with Crippen LogP contribution in [0, 0.1) is 0 Å². The van der Waals surface area contributed by atoms with Gasteiger partial charge in [0.25, 0.3) is 0 Å². The van der Waals surface area contributed by atoms with Crippen molar-refractivity contribution in [1.29, 1.82) is 0 Å². The van der Waals surface area contributed by atoms with Crippen LogP contribution in [0.3, 0.4) is 0 Å². The zero-order chi connectivity index (χ0) is 13.4. The summed E-state index contributed by atoms with van der Waals surface area (Å²) in [6, 6.07) is 1.63. The number of anilines is 1. The van der Waals surface area contributed by atoms with Crippen molar-refractivity contribution in [3.8, 4) is 11.5 Å². The Morgan fingerprint density at radius 3 is 2.68 bits per heavy atom. The molecule has 0 amide bonds. The second-order valence-corrected chi connectivity index (χ2v) is 5.39. The van der Waals surface area contributed by atoms with Crippen LogP contribution < -0.4 is 5.73 Å². The molecule has 0 atom stereocenters. The molecular formula is C13H12Cl2N4. The molecule has 2 N–H and O–H groups in total. The molecule has 0 radical (unpaired) electrons. The smallest absolute Gasteiger partial charge is 0.181 e. The third kappa shape index (κ3) is 2.38. The van der Waals surface area contributed by atoms with E-state index in [9.17, 15) is 0 Å². The first-order chi connectivity index (χ1) is 9.15. The van der Waals surface area contributed by atoms with Crippen molar-refractivity contribution in [2.45, 2.75) is 25.7 Å². The normalized spacial score (nSPS) is 14.2. The first-order valence-corrected chi connectivity index (χ1v) is 6.87. The molecule has 4 nitrogen and oxygen atoms in total. The van der Waals surface area contributed by atoms with E-state index in [1.54, 1.807) is 6.07 Å². The van der Waals surface area contributed by atoms with Gasteiger partial charge in [-0.2, -0.15) is 0 Å². The third-order valence-electron chi connectivity index (χ3n) is 3.23. The molecule has 0 fully saturated rings. The van der Waals surface area contributed by atoms with Crippen LogP contribution in [0.1, 0.15) is 24.1 Å². The van der Waals surface area contributed by atoms with Gasteiger partial charge in [-0.3, -0.25) is 0 Å². The number of nitrogen functional groups attached to an aromatic ring is 1. The molecule has 2 aromatic rings. The van der Waals surface area contributed by atoms with Gasteiger partial charge in [0, 0.05) is 17.5 Å². The average Bonchev–Trinajstić information content (AvgIpc) is 2.38. The van der Waals surface area contributed by atoms with E-state index in [1.165, 1.54) is 6.20 Å². The fourth-order valence-corrected chi connectivity index (χ4v) is 2.77. The Hall–Kier alpha value is -1.39. The molecule has 19 heavy (non-hydrogen) atoms. The lowest BCUT2D eigenvalue weighted by Gasteiger charge is -2.17. The lowest BCUT2D eigenvalue weighted by Crippen LogP contribution is -2.12. The summed E-state index contributed by atoms with van der Waals surface area (Å²) in [5, 5.41) is 0.919. The predicted molar refractivity (Wildman–Crippen MR) is 76.3 cm³/mol. The Morgan fingerprint density at radius 1 is 1.11 bits per heavy atom. The Bertz CT molecular complexity index is 643. The van der Waals surface area contributed by atoms with Gasteiger partial charge >= 0.3 is 0 Å². The van der Waals surface area contributed by atoms with Crippen LogP contribution in [0.15, 0.2) is 12.3 Å². The maximum Gasteiger partial charge on any atom is 0.181 e. The molecule has 98 valence electrons. The van der Waals surface area contributed by atoms with Crippen molar-refractivity contribution >= 4 is 29.0 Å². The van der Waals surface area contributed by atoms with Gasteiger partial charge in [-0.05, 0) is 31.7 Å². The van der Waals surface area contributed by atoms with Gasteiger partial charge in [0.05, 0.1) is 10.0 Å². The van der Waals surface area contributed by atoms with E-state index in [4.69, 9.17) is 28.9 Å². The monoisotopic (exact) mass is 294 g/mol. The number of nitrogens with zero attached hydrogens (tertiary/aromatic N) is 3. The molecule has 2 aromatic heterocycles. The highest BCUT2D eigenvalue weighted by Gasteiger charge is 2.18. The first kappa shape index (κ1) is 12.6. The Labute approximate surface area is 121 Å². The second kappa shape index (κ2) is 4.94. The number of fused-ring (bicyclic) bond motifs is 1. The molecule has 2 heterocycles. The van der Waals surface area contributed by atoms with E-state index in [0.717, 1.165) is 36.9 Å². The minimum absolute atomic E-state index is 0.433. The number of pyridine rings is 1. The van der Waals surface area contributed by atoms with Crippen LogP contribution in [-0.2, 0) is 12.8 Å². The molecule has 0 aromatic carbocycles. The van der Waals surface area contributed by atoms with E-state index in [-0.39, 0.29) is 0 Å². The van der Waals surface area contributed by atoms with Crippen molar-refractivity contribution in [3.63, 3.8) is 0 Å². The Morgan fingerprint density at radius 2 is 1.89 bits per heavy atom. The highest BCUT2D eigenvalue weighted by molar-refractivity contribution is 6.35. The van der Waals surface area contributed by atoms with E-state index in [2.05, 4.69) is 15.0 Å². The maximum atomic E-state index is 6.13. The summed E-state index contributed by atoms with van der Waals surface area (Å²) >= 11 is 12.0. The SMILES string of the molecule is Nc1nc(-c2ncc(Cl)cc2Cl)nc2c1CCCC2. The van der Waals surface area contributed by atoms with Gasteiger partial charge in [-0.25, -0.2) is 15.0 Å². The molecule has 1 aliphatic carbocycles. The number of nitrogens with two attached hydrogens (primary N) is 1. The summed E-state index contributed by atoms with van der Waals surface area (Å²) in [7, 11) is 0. The molecule has 1 aliphatic rings. The molecule has 0 saturated heterocycles. The fourth-order valence-electron chi connectivity index (χ4n) is 2.31. The van der Waals surface area contributed by atoms with Gasteiger partial charge in [-0.1, -0.05) is 23.2 Å². The Kier molecular flexibility index (Phi) is 3.29. The minimum Gasteiger partial charge on any atom is -0.383 e. The summed E-state index contributed by atoms with van der Waals surface area (Å²) < 4.78 is 0. The van der Waals surface area contributed by atoms with Gasteiger partial charge < -0.3 is 5.73 Å². The minimum atomic E-state index is 0.433. The second-order valence-electron chi connectivity index (χ2n) is 4.55. The molecule has 0 unspecified atom stereocenters. The molecule has 3 rings (SSSR count). The lowest BCUT2D eigenvalue weighted by molar-refractivity contribution is 0.665. The predicted octanol–water partition coefficient (Wildman–Crippen LogP) is 3.31. The van der Waals surface area contributed by atoms with Crippen molar-refractivity contribution in [2.24, 2.45) is 0 Å². The van der Waals surface area contributed by atoms with Crippen LogP contribution in [0.2, 0.25) is 10.0 Å². The van der Waals surface area contributed by atoms with Crippen LogP contribution in [0.5, 0.6) is 0 Å². The van der Waals surface area contributed by atoms with Crippen LogP contribution in [-0.4, -0.2) is 15.0 Å². The summed E-state index contributed by atoms with van der Waals surface area (Å²) in [4.78, 5) is 13.1. The highest BCUT2D eigenvalue weighted by atomic mass is 35.5.